The summed E-state index contributed by atoms with van der Waals surface area (Å²) in [7, 11) is 0. The van der Waals surface area contributed by atoms with Crippen molar-refractivity contribution in [2.45, 2.75) is 42.9 Å². The molecule has 2 heterocycles. The highest BCUT2D eigenvalue weighted by Crippen LogP contribution is 2.38. The van der Waals surface area contributed by atoms with Crippen LogP contribution in [0.4, 0.5) is 5.82 Å². The Morgan fingerprint density at radius 3 is 2.76 bits per heavy atom. The molecule has 4 rings (SSSR count). The molecule has 0 aliphatic heterocycles. The molecule has 1 N–H and O–H groups in total. The molecule has 0 spiro atoms. The predicted molar refractivity (Wildman–Crippen MR) is 111 cm³/mol. The van der Waals surface area contributed by atoms with E-state index in [1.54, 1.807) is 13.0 Å². The number of hydrogen-bond acceptors (Lipinski definition) is 6. The van der Waals surface area contributed by atoms with Crippen molar-refractivity contribution in [3.05, 3.63) is 70.6 Å². The lowest BCUT2D eigenvalue weighted by atomic mass is 9.95. The first-order valence-electron chi connectivity index (χ1n) is 9.52. The van der Waals surface area contributed by atoms with Crippen molar-refractivity contribution in [2.24, 2.45) is 0 Å². The van der Waals surface area contributed by atoms with Gasteiger partial charge in [0.1, 0.15) is 22.1 Å². The maximum absolute atomic E-state index is 13.1. The highest BCUT2D eigenvalue weighted by atomic mass is 32.2. The number of nitriles is 1. The van der Waals surface area contributed by atoms with Crippen LogP contribution < -0.4 is 5.32 Å². The Bertz CT molecular complexity index is 1070. The fourth-order valence-electron chi connectivity index (χ4n) is 3.41. The van der Waals surface area contributed by atoms with Crippen LogP contribution >= 0.6 is 11.8 Å². The van der Waals surface area contributed by atoms with Crippen LogP contribution in [0.5, 0.6) is 0 Å². The molecular formula is C22H20N4O2S. The number of anilines is 1. The van der Waals surface area contributed by atoms with E-state index in [9.17, 15) is 10.1 Å². The number of pyridine rings is 1. The SMILES string of the molecule is Cc1cc(NC(=O)C(Sc2nc3c(cc2C#N)CCCC3)c2ccccc2)no1. The van der Waals surface area contributed by atoms with Crippen molar-refractivity contribution < 1.29 is 9.32 Å². The van der Waals surface area contributed by atoms with Crippen LogP contribution in [-0.2, 0) is 17.6 Å². The first-order valence-corrected chi connectivity index (χ1v) is 10.4. The van der Waals surface area contributed by atoms with E-state index in [1.165, 1.54) is 11.8 Å². The third-order valence-corrected chi connectivity index (χ3v) is 6.09. The number of carbonyl (C=O) groups excluding carboxylic acids is 1. The van der Waals surface area contributed by atoms with Crippen molar-refractivity contribution in [3.63, 3.8) is 0 Å². The zero-order valence-electron chi connectivity index (χ0n) is 16.0. The number of benzene rings is 1. The molecule has 1 aliphatic carbocycles. The molecule has 1 aromatic carbocycles. The van der Waals surface area contributed by atoms with E-state index in [-0.39, 0.29) is 5.91 Å². The van der Waals surface area contributed by atoms with Crippen LogP contribution in [-0.4, -0.2) is 16.0 Å². The summed E-state index contributed by atoms with van der Waals surface area (Å²) < 4.78 is 5.04. The van der Waals surface area contributed by atoms with E-state index in [4.69, 9.17) is 9.51 Å². The topological polar surface area (TPSA) is 91.8 Å². The van der Waals surface area contributed by atoms with Gasteiger partial charge in [0, 0.05) is 11.8 Å². The van der Waals surface area contributed by atoms with E-state index in [0.717, 1.165) is 42.5 Å². The zero-order valence-corrected chi connectivity index (χ0v) is 16.8. The molecule has 0 fully saturated rings. The second kappa shape index (κ2) is 8.50. The van der Waals surface area contributed by atoms with E-state index in [1.807, 2.05) is 36.4 Å². The van der Waals surface area contributed by atoms with Crippen molar-refractivity contribution in [3.8, 4) is 6.07 Å². The number of fused-ring (bicyclic) bond motifs is 1. The van der Waals surface area contributed by atoms with Gasteiger partial charge in [-0.2, -0.15) is 5.26 Å². The summed E-state index contributed by atoms with van der Waals surface area (Å²) in [5, 5.41) is 16.3. The van der Waals surface area contributed by atoms with Gasteiger partial charge in [-0.1, -0.05) is 47.3 Å². The standard InChI is InChI=1S/C22H20N4O2S/c1-14-11-19(26-28-14)25-21(27)20(15-7-3-2-4-8-15)29-22-17(13-23)12-16-9-5-6-10-18(16)24-22/h2-4,7-8,11-12,20H,5-6,9-10H2,1H3,(H,25,26,27). The number of rotatable bonds is 5. The molecule has 1 amide bonds. The summed E-state index contributed by atoms with van der Waals surface area (Å²) in [4.78, 5) is 17.9. The molecule has 1 atom stereocenters. The maximum Gasteiger partial charge on any atom is 0.243 e. The van der Waals surface area contributed by atoms with Crippen LogP contribution in [0.25, 0.3) is 0 Å². The van der Waals surface area contributed by atoms with Crippen LogP contribution in [0.1, 0.15) is 46.2 Å². The van der Waals surface area contributed by atoms with Gasteiger partial charge in [0.05, 0.1) is 5.56 Å². The van der Waals surface area contributed by atoms with Gasteiger partial charge in [0.15, 0.2) is 5.82 Å². The van der Waals surface area contributed by atoms with Gasteiger partial charge in [0.25, 0.3) is 0 Å². The molecule has 7 heteroatoms. The van der Waals surface area contributed by atoms with Crippen LogP contribution in [0.2, 0.25) is 0 Å². The van der Waals surface area contributed by atoms with E-state index in [0.29, 0.717) is 22.2 Å². The average Bonchev–Trinajstić information content (AvgIpc) is 3.16. The summed E-state index contributed by atoms with van der Waals surface area (Å²) in [6.45, 7) is 1.77. The van der Waals surface area contributed by atoms with Gasteiger partial charge in [-0.05, 0) is 49.8 Å². The Balaban J connectivity index is 1.67. The van der Waals surface area contributed by atoms with Crippen LogP contribution in [0, 0.1) is 18.3 Å². The minimum Gasteiger partial charge on any atom is -0.360 e. The average molecular weight is 404 g/mol. The monoisotopic (exact) mass is 404 g/mol. The quantitative estimate of drug-likeness (QED) is 0.625. The third-order valence-electron chi connectivity index (χ3n) is 4.84. The van der Waals surface area contributed by atoms with E-state index < -0.39 is 5.25 Å². The van der Waals surface area contributed by atoms with Gasteiger partial charge < -0.3 is 9.84 Å². The first kappa shape index (κ1) is 19.2. The molecular weight excluding hydrogens is 384 g/mol. The van der Waals surface area contributed by atoms with E-state index >= 15 is 0 Å². The number of amides is 1. The van der Waals surface area contributed by atoms with Crippen molar-refractivity contribution in [2.75, 3.05) is 5.32 Å². The van der Waals surface area contributed by atoms with E-state index in [2.05, 4.69) is 16.5 Å². The number of thioether (sulfide) groups is 1. The van der Waals surface area contributed by atoms with Crippen LogP contribution in [0.3, 0.4) is 0 Å². The van der Waals surface area contributed by atoms with Gasteiger partial charge in [-0.3, -0.25) is 4.79 Å². The Kier molecular flexibility index (Phi) is 5.63. The fraction of sp³-hybridized carbons (Fsp3) is 0.273. The number of aryl methyl sites for hydroxylation is 3. The maximum atomic E-state index is 13.1. The molecule has 29 heavy (non-hydrogen) atoms. The normalized spacial score (nSPS) is 13.9. The minimum absolute atomic E-state index is 0.238. The van der Waals surface area contributed by atoms with Gasteiger partial charge in [-0.25, -0.2) is 4.98 Å². The van der Waals surface area contributed by atoms with Crippen LogP contribution in [0.15, 0.2) is 52.0 Å². The lowest BCUT2D eigenvalue weighted by Gasteiger charge is -2.19. The highest BCUT2D eigenvalue weighted by Gasteiger charge is 2.26. The number of carbonyl (C=O) groups is 1. The number of aromatic nitrogens is 2. The molecule has 146 valence electrons. The molecule has 0 bridgehead atoms. The number of nitrogens with zero attached hydrogens (tertiary/aromatic N) is 3. The molecule has 1 aliphatic rings. The molecule has 1 unspecified atom stereocenters. The summed E-state index contributed by atoms with van der Waals surface area (Å²) >= 11 is 1.30. The Morgan fingerprint density at radius 1 is 1.24 bits per heavy atom. The lowest BCUT2D eigenvalue weighted by molar-refractivity contribution is -0.115. The smallest absolute Gasteiger partial charge is 0.243 e. The lowest BCUT2D eigenvalue weighted by Crippen LogP contribution is -2.19. The van der Waals surface area contributed by atoms with Gasteiger partial charge in [0.2, 0.25) is 5.91 Å². The Labute approximate surface area is 173 Å². The first-order chi connectivity index (χ1) is 14.1. The molecule has 0 saturated heterocycles. The summed E-state index contributed by atoms with van der Waals surface area (Å²) in [5.74, 6) is 0.748. The second-order valence-electron chi connectivity index (χ2n) is 6.99. The summed E-state index contributed by atoms with van der Waals surface area (Å²) in [5.41, 5.74) is 3.54. The van der Waals surface area contributed by atoms with Crippen molar-refractivity contribution in [1.29, 1.82) is 5.26 Å². The molecule has 6 nitrogen and oxygen atoms in total. The highest BCUT2D eigenvalue weighted by molar-refractivity contribution is 8.00. The van der Waals surface area contributed by atoms with Crippen molar-refractivity contribution >= 4 is 23.5 Å². The number of nitrogens with one attached hydrogen (secondary N) is 1. The molecule has 2 aromatic heterocycles. The Hall–Kier alpha value is -3.11. The Morgan fingerprint density at radius 2 is 2.03 bits per heavy atom. The second-order valence-corrected chi connectivity index (χ2v) is 8.08. The molecule has 0 radical (unpaired) electrons. The number of hydrogen-bond donors (Lipinski definition) is 1. The largest absolute Gasteiger partial charge is 0.360 e. The zero-order chi connectivity index (χ0) is 20.2. The van der Waals surface area contributed by atoms with Gasteiger partial charge >= 0.3 is 0 Å². The third kappa shape index (κ3) is 4.33. The minimum atomic E-state index is -0.575. The molecule has 3 aromatic rings. The summed E-state index contributed by atoms with van der Waals surface area (Å²) in [6.07, 6.45) is 4.09. The predicted octanol–water partition coefficient (Wildman–Crippen LogP) is 4.60. The fourth-order valence-corrected chi connectivity index (χ4v) is 4.49. The summed E-state index contributed by atoms with van der Waals surface area (Å²) in [6, 6.07) is 15.3. The van der Waals surface area contributed by atoms with Gasteiger partial charge in [-0.15, -0.1) is 0 Å². The molecule has 0 saturated carbocycles. The van der Waals surface area contributed by atoms with Crippen molar-refractivity contribution in [1.82, 2.24) is 10.1 Å².